The molecule has 0 spiro atoms. The van der Waals surface area contributed by atoms with Crippen LogP contribution in [-0.4, -0.2) is 23.1 Å². The summed E-state index contributed by atoms with van der Waals surface area (Å²) in [4.78, 5) is 9.68. The van der Waals surface area contributed by atoms with Gasteiger partial charge in [-0.3, -0.25) is 0 Å². The summed E-state index contributed by atoms with van der Waals surface area (Å²) in [5, 5.41) is 6.47. The Bertz CT molecular complexity index is 500. The third-order valence-electron chi connectivity index (χ3n) is 2.33. The molecule has 2 rings (SSSR count). The molecule has 18 heavy (non-hydrogen) atoms. The second kappa shape index (κ2) is 6.70. The summed E-state index contributed by atoms with van der Waals surface area (Å²) < 4.78 is 1.17. The van der Waals surface area contributed by atoms with Gasteiger partial charge in [-0.2, -0.15) is 0 Å². The van der Waals surface area contributed by atoms with E-state index in [-0.39, 0.29) is 0 Å². The van der Waals surface area contributed by atoms with Gasteiger partial charge in [0.1, 0.15) is 18.0 Å². The predicted octanol–water partition coefficient (Wildman–Crippen LogP) is 3.39. The Morgan fingerprint density at radius 2 is 2.00 bits per heavy atom. The number of halogens is 1. The van der Waals surface area contributed by atoms with Crippen LogP contribution in [0.15, 0.2) is 28.3 Å². The number of nitrogens with zero attached hydrogens (tertiary/aromatic N) is 2. The molecule has 0 fully saturated rings. The molecule has 0 atom stereocenters. The van der Waals surface area contributed by atoms with Crippen molar-refractivity contribution in [3.63, 3.8) is 0 Å². The topological polar surface area (TPSA) is 49.8 Å². The highest BCUT2D eigenvalue weighted by Gasteiger charge is 1.99. The van der Waals surface area contributed by atoms with Crippen LogP contribution in [0.4, 0.5) is 11.6 Å². The average Bonchev–Trinajstić information content (AvgIpc) is 2.76. The molecule has 0 bridgehead atoms. The maximum absolute atomic E-state index is 4.19. The highest BCUT2D eigenvalue weighted by atomic mass is 79.9. The molecule has 0 saturated heterocycles. The van der Waals surface area contributed by atoms with Gasteiger partial charge in [0.25, 0.3) is 0 Å². The summed E-state index contributed by atoms with van der Waals surface area (Å²) in [7, 11) is 0. The molecule has 96 valence electrons. The standard InChI is InChI=1S/C12H15BrN4S/c1-2-14-11-7-12(17-8-16-11)15-6-5-9-3-4-10(13)18-9/h3-4,7-8H,2,5-6H2,1H3,(H2,14,15,16,17). The first-order valence-electron chi connectivity index (χ1n) is 5.82. The van der Waals surface area contributed by atoms with E-state index < -0.39 is 0 Å². The molecule has 0 aliphatic carbocycles. The van der Waals surface area contributed by atoms with Crippen LogP contribution in [0.25, 0.3) is 0 Å². The zero-order chi connectivity index (χ0) is 12.8. The van der Waals surface area contributed by atoms with Crippen molar-refractivity contribution < 1.29 is 0 Å². The summed E-state index contributed by atoms with van der Waals surface area (Å²) in [6, 6.07) is 6.14. The second-order valence-electron chi connectivity index (χ2n) is 3.70. The minimum Gasteiger partial charge on any atom is -0.370 e. The summed E-state index contributed by atoms with van der Waals surface area (Å²) in [5.74, 6) is 1.71. The fourth-order valence-corrected chi connectivity index (χ4v) is 3.01. The average molecular weight is 327 g/mol. The van der Waals surface area contributed by atoms with E-state index in [4.69, 9.17) is 0 Å². The summed E-state index contributed by atoms with van der Waals surface area (Å²) in [5.41, 5.74) is 0. The van der Waals surface area contributed by atoms with Crippen LogP contribution in [0, 0.1) is 0 Å². The van der Waals surface area contributed by atoms with E-state index in [9.17, 15) is 0 Å². The van der Waals surface area contributed by atoms with Crippen LogP contribution in [0.3, 0.4) is 0 Å². The van der Waals surface area contributed by atoms with Gasteiger partial charge in [0.2, 0.25) is 0 Å². The van der Waals surface area contributed by atoms with Crippen molar-refractivity contribution in [3.8, 4) is 0 Å². The van der Waals surface area contributed by atoms with E-state index in [0.29, 0.717) is 0 Å². The van der Waals surface area contributed by atoms with Gasteiger partial charge in [-0.25, -0.2) is 9.97 Å². The third-order valence-corrected chi connectivity index (χ3v) is 4.01. The van der Waals surface area contributed by atoms with Crippen molar-refractivity contribution in [2.75, 3.05) is 23.7 Å². The molecular weight excluding hydrogens is 312 g/mol. The third kappa shape index (κ3) is 3.96. The van der Waals surface area contributed by atoms with Gasteiger partial charge in [-0.15, -0.1) is 11.3 Å². The van der Waals surface area contributed by atoms with Gasteiger partial charge in [0, 0.05) is 24.0 Å². The Morgan fingerprint density at radius 3 is 2.67 bits per heavy atom. The van der Waals surface area contributed by atoms with Crippen molar-refractivity contribution in [3.05, 3.63) is 33.2 Å². The van der Waals surface area contributed by atoms with Crippen LogP contribution >= 0.6 is 27.3 Å². The maximum atomic E-state index is 4.19. The molecule has 2 aromatic heterocycles. The van der Waals surface area contributed by atoms with E-state index >= 15 is 0 Å². The maximum Gasteiger partial charge on any atom is 0.131 e. The lowest BCUT2D eigenvalue weighted by Crippen LogP contribution is -2.07. The Balaban J connectivity index is 1.84. The Kier molecular flexibility index (Phi) is 4.95. The molecule has 4 nitrogen and oxygen atoms in total. The monoisotopic (exact) mass is 326 g/mol. The van der Waals surface area contributed by atoms with E-state index in [2.05, 4.69) is 48.7 Å². The van der Waals surface area contributed by atoms with Crippen molar-refractivity contribution in [1.29, 1.82) is 0 Å². The van der Waals surface area contributed by atoms with Crippen molar-refractivity contribution >= 4 is 38.9 Å². The largest absolute Gasteiger partial charge is 0.370 e. The lowest BCUT2D eigenvalue weighted by Gasteiger charge is -2.06. The molecule has 2 heterocycles. The smallest absolute Gasteiger partial charge is 0.131 e. The van der Waals surface area contributed by atoms with Crippen LogP contribution in [0.2, 0.25) is 0 Å². The first-order valence-corrected chi connectivity index (χ1v) is 7.43. The Hall–Kier alpha value is -1.14. The molecule has 0 radical (unpaired) electrons. The van der Waals surface area contributed by atoms with Crippen LogP contribution in [0.1, 0.15) is 11.8 Å². The Labute approximate surface area is 119 Å². The zero-order valence-corrected chi connectivity index (χ0v) is 12.5. The minimum absolute atomic E-state index is 0.855. The van der Waals surface area contributed by atoms with Crippen LogP contribution in [-0.2, 0) is 6.42 Å². The molecule has 0 aliphatic rings. The first-order chi connectivity index (χ1) is 8.78. The second-order valence-corrected chi connectivity index (χ2v) is 6.25. The van der Waals surface area contributed by atoms with Crippen molar-refractivity contribution in [2.45, 2.75) is 13.3 Å². The zero-order valence-electron chi connectivity index (χ0n) is 10.1. The van der Waals surface area contributed by atoms with E-state index in [1.165, 1.54) is 8.66 Å². The number of hydrogen-bond acceptors (Lipinski definition) is 5. The fourth-order valence-electron chi connectivity index (χ4n) is 1.53. The molecular formula is C12H15BrN4S. The number of thiophene rings is 1. The number of rotatable bonds is 6. The quantitative estimate of drug-likeness (QED) is 0.854. The normalized spacial score (nSPS) is 10.3. The Morgan fingerprint density at radius 1 is 1.22 bits per heavy atom. The fraction of sp³-hybridized carbons (Fsp3) is 0.333. The van der Waals surface area contributed by atoms with Gasteiger partial charge in [0.15, 0.2) is 0 Å². The lowest BCUT2D eigenvalue weighted by molar-refractivity contribution is 1.02. The highest BCUT2D eigenvalue weighted by molar-refractivity contribution is 9.11. The summed E-state index contributed by atoms with van der Waals surface area (Å²) in [6.07, 6.45) is 2.57. The summed E-state index contributed by atoms with van der Waals surface area (Å²) in [6.45, 7) is 3.78. The van der Waals surface area contributed by atoms with Crippen molar-refractivity contribution in [1.82, 2.24) is 9.97 Å². The van der Waals surface area contributed by atoms with Gasteiger partial charge >= 0.3 is 0 Å². The van der Waals surface area contributed by atoms with E-state index in [1.807, 2.05) is 13.0 Å². The molecule has 0 saturated carbocycles. The summed E-state index contributed by atoms with van der Waals surface area (Å²) >= 11 is 5.23. The van der Waals surface area contributed by atoms with Gasteiger partial charge in [-0.05, 0) is 41.4 Å². The van der Waals surface area contributed by atoms with E-state index in [0.717, 1.165) is 31.1 Å². The lowest BCUT2D eigenvalue weighted by atomic mass is 10.3. The van der Waals surface area contributed by atoms with Gasteiger partial charge < -0.3 is 10.6 Å². The number of anilines is 2. The number of nitrogens with one attached hydrogen (secondary N) is 2. The molecule has 0 unspecified atom stereocenters. The van der Waals surface area contributed by atoms with Crippen molar-refractivity contribution in [2.24, 2.45) is 0 Å². The number of aromatic nitrogens is 2. The van der Waals surface area contributed by atoms with E-state index in [1.54, 1.807) is 17.7 Å². The predicted molar refractivity (Wildman–Crippen MR) is 80.4 cm³/mol. The van der Waals surface area contributed by atoms with Crippen LogP contribution in [0.5, 0.6) is 0 Å². The highest BCUT2D eigenvalue weighted by Crippen LogP contribution is 2.22. The molecule has 2 N–H and O–H groups in total. The van der Waals surface area contributed by atoms with Gasteiger partial charge in [-0.1, -0.05) is 0 Å². The molecule has 0 aromatic carbocycles. The molecule has 0 amide bonds. The molecule has 6 heteroatoms. The SMILES string of the molecule is CCNc1cc(NCCc2ccc(Br)s2)ncn1. The van der Waals surface area contributed by atoms with Crippen LogP contribution < -0.4 is 10.6 Å². The minimum atomic E-state index is 0.855. The molecule has 2 aromatic rings. The van der Waals surface area contributed by atoms with Gasteiger partial charge in [0.05, 0.1) is 3.79 Å². The first kappa shape index (κ1) is 13.3. The number of hydrogen-bond donors (Lipinski definition) is 2. The molecule has 0 aliphatic heterocycles.